The molecule has 2 aromatic rings. The first kappa shape index (κ1) is 6.30. The standard InChI is InChI=1S/C7H7N3O/c8-3-6-9-4-5-1-2-11-7(5)10-6/h1-2,4H,3,8H2. The van der Waals surface area contributed by atoms with E-state index in [9.17, 15) is 0 Å². The van der Waals surface area contributed by atoms with Crippen molar-refractivity contribution in [1.82, 2.24) is 9.97 Å². The lowest BCUT2D eigenvalue weighted by Crippen LogP contribution is -2.01. The van der Waals surface area contributed by atoms with Crippen LogP contribution in [0.1, 0.15) is 5.82 Å². The van der Waals surface area contributed by atoms with E-state index >= 15 is 0 Å². The summed E-state index contributed by atoms with van der Waals surface area (Å²) in [6, 6.07) is 1.82. The SMILES string of the molecule is NCc1ncc2ccoc2n1. The zero-order chi connectivity index (χ0) is 7.68. The number of fused-ring (bicyclic) bond motifs is 1. The van der Waals surface area contributed by atoms with E-state index in [1.807, 2.05) is 6.07 Å². The van der Waals surface area contributed by atoms with Crippen LogP contribution in [0.4, 0.5) is 0 Å². The summed E-state index contributed by atoms with van der Waals surface area (Å²) in [6.45, 7) is 0.344. The van der Waals surface area contributed by atoms with Gasteiger partial charge in [0.2, 0.25) is 5.71 Å². The van der Waals surface area contributed by atoms with Crippen LogP contribution in [0.2, 0.25) is 0 Å². The van der Waals surface area contributed by atoms with Gasteiger partial charge in [0.25, 0.3) is 0 Å². The average molecular weight is 149 g/mol. The predicted octanol–water partition coefficient (Wildman–Crippen LogP) is 0.681. The summed E-state index contributed by atoms with van der Waals surface area (Å²) < 4.78 is 5.05. The Labute approximate surface area is 63.1 Å². The van der Waals surface area contributed by atoms with Crippen LogP contribution in [0.5, 0.6) is 0 Å². The van der Waals surface area contributed by atoms with Crippen LogP contribution in [0.15, 0.2) is 22.9 Å². The molecule has 0 saturated heterocycles. The molecule has 0 saturated carbocycles. The Balaban J connectivity index is 2.67. The van der Waals surface area contributed by atoms with E-state index in [1.165, 1.54) is 0 Å². The van der Waals surface area contributed by atoms with Crippen molar-refractivity contribution in [2.24, 2.45) is 5.73 Å². The second-order valence-corrected chi connectivity index (χ2v) is 2.17. The summed E-state index contributed by atoms with van der Waals surface area (Å²) in [5.74, 6) is 0.604. The minimum Gasteiger partial charge on any atom is -0.446 e. The van der Waals surface area contributed by atoms with E-state index in [0.717, 1.165) is 5.39 Å². The molecule has 0 fully saturated rings. The number of nitrogens with zero attached hydrogens (tertiary/aromatic N) is 2. The molecule has 0 radical (unpaired) electrons. The number of hydrogen-bond donors (Lipinski definition) is 1. The Morgan fingerprint density at radius 1 is 1.55 bits per heavy atom. The third-order valence-corrected chi connectivity index (χ3v) is 1.44. The molecule has 11 heavy (non-hydrogen) atoms. The topological polar surface area (TPSA) is 64.9 Å². The summed E-state index contributed by atoms with van der Waals surface area (Å²) in [6.07, 6.45) is 3.29. The zero-order valence-electron chi connectivity index (χ0n) is 5.82. The molecule has 0 aromatic carbocycles. The van der Waals surface area contributed by atoms with E-state index in [2.05, 4.69) is 9.97 Å². The van der Waals surface area contributed by atoms with Crippen molar-refractivity contribution >= 4 is 11.1 Å². The second-order valence-electron chi connectivity index (χ2n) is 2.17. The molecular formula is C7H7N3O. The molecule has 0 aliphatic carbocycles. The van der Waals surface area contributed by atoms with Gasteiger partial charge in [0, 0.05) is 6.20 Å². The Kier molecular flexibility index (Phi) is 1.33. The fourth-order valence-corrected chi connectivity index (χ4v) is 0.889. The highest BCUT2D eigenvalue weighted by molar-refractivity contribution is 5.71. The van der Waals surface area contributed by atoms with Crippen molar-refractivity contribution < 1.29 is 4.42 Å². The van der Waals surface area contributed by atoms with Gasteiger partial charge in [0.15, 0.2) is 0 Å². The van der Waals surface area contributed by atoms with Gasteiger partial charge in [-0.3, -0.25) is 0 Å². The molecule has 0 amide bonds. The fourth-order valence-electron chi connectivity index (χ4n) is 0.889. The fraction of sp³-hybridized carbons (Fsp3) is 0.143. The van der Waals surface area contributed by atoms with Gasteiger partial charge in [-0.1, -0.05) is 0 Å². The Morgan fingerprint density at radius 2 is 2.45 bits per heavy atom. The molecule has 0 bridgehead atoms. The van der Waals surface area contributed by atoms with Crippen LogP contribution in [0.25, 0.3) is 11.1 Å². The quantitative estimate of drug-likeness (QED) is 0.647. The Hall–Kier alpha value is -1.42. The van der Waals surface area contributed by atoms with Gasteiger partial charge in [-0.2, -0.15) is 4.98 Å². The van der Waals surface area contributed by atoms with E-state index in [-0.39, 0.29) is 0 Å². The van der Waals surface area contributed by atoms with Gasteiger partial charge < -0.3 is 10.2 Å². The second kappa shape index (κ2) is 2.32. The first-order valence-corrected chi connectivity index (χ1v) is 3.29. The normalized spacial score (nSPS) is 10.6. The summed E-state index contributed by atoms with van der Waals surface area (Å²) in [5.41, 5.74) is 5.94. The predicted molar refractivity (Wildman–Crippen MR) is 39.7 cm³/mol. The highest BCUT2D eigenvalue weighted by Gasteiger charge is 1.99. The van der Waals surface area contributed by atoms with Crippen molar-refractivity contribution in [2.45, 2.75) is 6.54 Å². The molecule has 2 heterocycles. The number of aromatic nitrogens is 2. The third kappa shape index (κ3) is 0.969. The average Bonchev–Trinajstić information content (AvgIpc) is 2.50. The van der Waals surface area contributed by atoms with Crippen LogP contribution in [-0.2, 0) is 6.54 Å². The van der Waals surface area contributed by atoms with Crippen molar-refractivity contribution in [3.05, 3.63) is 24.4 Å². The molecule has 2 N–H and O–H groups in total. The number of nitrogens with two attached hydrogens (primary N) is 1. The van der Waals surface area contributed by atoms with Gasteiger partial charge >= 0.3 is 0 Å². The molecule has 4 nitrogen and oxygen atoms in total. The van der Waals surface area contributed by atoms with Gasteiger partial charge in [0.05, 0.1) is 18.2 Å². The summed E-state index contributed by atoms with van der Waals surface area (Å²) >= 11 is 0. The molecule has 2 aromatic heterocycles. The molecule has 0 aliphatic heterocycles. The van der Waals surface area contributed by atoms with Crippen molar-refractivity contribution in [3.63, 3.8) is 0 Å². The number of rotatable bonds is 1. The van der Waals surface area contributed by atoms with Gasteiger partial charge in [-0.05, 0) is 6.07 Å². The van der Waals surface area contributed by atoms with E-state index in [1.54, 1.807) is 12.5 Å². The largest absolute Gasteiger partial charge is 0.446 e. The molecule has 0 unspecified atom stereocenters. The first-order chi connectivity index (χ1) is 5.40. The monoisotopic (exact) mass is 149 g/mol. The number of hydrogen-bond acceptors (Lipinski definition) is 4. The van der Waals surface area contributed by atoms with E-state index < -0.39 is 0 Å². The summed E-state index contributed by atoms with van der Waals surface area (Å²) in [5, 5.41) is 0.905. The molecular weight excluding hydrogens is 142 g/mol. The van der Waals surface area contributed by atoms with Crippen LogP contribution < -0.4 is 5.73 Å². The van der Waals surface area contributed by atoms with Crippen LogP contribution in [0, 0.1) is 0 Å². The Bertz CT molecular complexity index is 368. The minimum absolute atomic E-state index is 0.344. The zero-order valence-corrected chi connectivity index (χ0v) is 5.82. The highest BCUT2D eigenvalue weighted by atomic mass is 16.3. The summed E-state index contributed by atoms with van der Waals surface area (Å²) in [7, 11) is 0. The third-order valence-electron chi connectivity index (χ3n) is 1.44. The maximum Gasteiger partial charge on any atom is 0.229 e. The van der Waals surface area contributed by atoms with Crippen LogP contribution in [-0.4, -0.2) is 9.97 Å². The lowest BCUT2D eigenvalue weighted by Gasteiger charge is -1.91. The van der Waals surface area contributed by atoms with Crippen molar-refractivity contribution in [3.8, 4) is 0 Å². The van der Waals surface area contributed by atoms with E-state index in [0.29, 0.717) is 18.1 Å². The lowest BCUT2D eigenvalue weighted by atomic mass is 10.4. The van der Waals surface area contributed by atoms with E-state index in [4.69, 9.17) is 10.2 Å². The Morgan fingerprint density at radius 3 is 3.27 bits per heavy atom. The molecule has 56 valence electrons. The maximum absolute atomic E-state index is 5.34. The first-order valence-electron chi connectivity index (χ1n) is 3.29. The van der Waals surface area contributed by atoms with Crippen molar-refractivity contribution in [1.29, 1.82) is 0 Å². The van der Waals surface area contributed by atoms with Crippen molar-refractivity contribution in [2.75, 3.05) is 0 Å². The van der Waals surface area contributed by atoms with Crippen LogP contribution in [0.3, 0.4) is 0 Å². The minimum atomic E-state index is 0.344. The smallest absolute Gasteiger partial charge is 0.229 e. The lowest BCUT2D eigenvalue weighted by molar-refractivity contribution is 0.599. The maximum atomic E-state index is 5.34. The molecule has 2 rings (SSSR count). The molecule has 0 spiro atoms. The van der Waals surface area contributed by atoms with Gasteiger partial charge in [-0.25, -0.2) is 4.98 Å². The molecule has 0 aliphatic rings. The van der Waals surface area contributed by atoms with Gasteiger partial charge in [-0.15, -0.1) is 0 Å². The van der Waals surface area contributed by atoms with Gasteiger partial charge in [0.1, 0.15) is 5.82 Å². The number of furan rings is 1. The molecule has 4 heteroatoms. The highest BCUT2D eigenvalue weighted by Crippen LogP contribution is 2.10. The van der Waals surface area contributed by atoms with Crippen LogP contribution >= 0.6 is 0 Å². The summed E-state index contributed by atoms with van der Waals surface area (Å²) in [4.78, 5) is 8.05. The molecule has 0 atom stereocenters.